The van der Waals surface area contributed by atoms with Gasteiger partial charge in [-0.15, -0.1) is 0 Å². The average molecular weight is 351 g/mol. The molecular weight excluding hydrogens is 333 g/mol. The van der Waals surface area contributed by atoms with E-state index in [1.165, 1.54) is 6.07 Å². The third-order valence-corrected chi connectivity index (χ3v) is 4.60. The second-order valence-electron chi connectivity index (χ2n) is 5.12. The number of amides is 1. The second-order valence-corrected chi connectivity index (χ2v) is 6.34. The van der Waals surface area contributed by atoms with E-state index in [-0.39, 0.29) is 5.91 Å². The molecular formula is C14H18Cl3N3O. The molecule has 1 saturated heterocycles. The second kappa shape index (κ2) is 7.65. The molecule has 2 rings (SSSR count). The molecule has 0 aromatic heterocycles. The molecule has 1 fully saturated rings. The monoisotopic (exact) mass is 349 g/mol. The van der Waals surface area contributed by atoms with E-state index in [2.05, 4.69) is 15.5 Å². The summed E-state index contributed by atoms with van der Waals surface area (Å²) in [6.45, 7) is 2.18. The summed E-state index contributed by atoms with van der Waals surface area (Å²) in [5.74, 6) is -0.0988. The van der Waals surface area contributed by atoms with Crippen molar-refractivity contribution in [3.63, 3.8) is 0 Å². The van der Waals surface area contributed by atoms with Gasteiger partial charge >= 0.3 is 0 Å². The van der Waals surface area contributed by atoms with Gasteiger partial charge in [-0.25, -0.2) is 0 Å². The summed E-state index contributed by atoms with van der Waals surface area (Å²) in [4.78, 5) is 14.3. The van der Waals surface area contributed by atoms with Gasteiger partial charge in [0.05, 0.1) is 27.3 Å². The Kier molecular flexibility index (Phi) is 6.14. The van der Waals surface area contributed by atoms with E-state index in [4.69, 9.17) is 34.8 Å². The number of rotatable bonds is 5. The minimum absolute atomic E-state index is 0.0988. The van der Waals surface area contributed by atoms with E-state index in [1.54, 1.807) is 6.07 Å². The lowest BCUT2D eigenvalue weighted by molar-refractivity contribution is -0.117. The first kappa shape index (κ1) is 16.8. The maximum Gasteiger partial charge on any atom is 0.238 e. The summed E-state index contributed by atoms with van der Waals surface area (Å²) < 4.78 is 0. The van der Waals surface area contributed by atoms with Gasteiger partial charge in [0.1, 0.15) is 0 Å². The first-order valence-corrected chi connectivity index (χ1v) is 7.97. The Morgan fingerprint density at radius 2 is 2.00 bits per heavy atom. The number of carbonyl (C=O) groups excluding carboxylic acids is 1. The maximum absolute atomic E-state index is 12.2. The van der Waals surface area contributed by atoms with E-state index in [0.717, 1.165) is 25.9 Å². The van der Waals surface area contributed by atoms with Gasteiger partial charge in [-0.2, -0.15) is 0 Å². The Balaban J connectivity index is 1.97. The summed E-state index contributed by atoms with van der Waals surface area (Å²) >= 11 is 17.9. The van der Waals surface area contributed by atoms with Crippen LogP contribution in [0, 0.1) is 0 Å². The molecule has 0 aliphatic carbocycles. The first-order valence-electron chi connectivity index (χ1n) is 6.84. The highest BCUT2D eigenvalue weighted by atomic mass is 35.5. The molecule has 0 bridgehead atoms. The Morgan fingerprint density at radius 1 is 1.29 bits per heavy atom. The van der Waals surface area contributed by atoms with Crippen LogP contribution in [0.25, 0.3) is 0 Å². The number of anilines is 1. The molecule has 1 amide bonds. The molecule has 116 valence electrons. The summed E-state index contributed by atoms with van der Waals surface area (Å²) in [5.41, 5.74) is 0.487. The Bertz CT molecular complexity index is 524. The molecule has 1 heterocycles. The van der Waals surface area contributed by atoms with Crippen LogP contribution in [0.2, 0.25) is 15.1 Å². The Morgan fingerprint density at radius 3 is 2.71 bits per heavy atom. The third-order valence-electron chi connectivity index (χ3n) is 3.57. The molecule has 1 aliphatic rings. The van der Waals surface area contributed by atoms with Crippen molar-refractivity contribution in [1.29, 1.82) is 0 Å². The van der Waals surface area contributed by atoms with Crippen LogP contribution in [-0.4, -0.2) is 43.5 Å². The summed E-state index contributed by atoms with van der Waals surface area (Å²) in [6, 6.07) is 3.50. The van der Waals surface area contributed by atoms with Crippen LogP contribution in [0.5, 0.6) is 0 Å². The van der Waals surface area contributed by atoms with Crippen molar-refractivity contribution in [3.05, 3.63) is 27.2 Å². The molecule has 0 radical (unpaired) electrons. The highest BCUT2D eigenvalue weighted by Crippen LogP contribution is 2.32. The van der Waals surface area contributed by atoms with Crippen molar-refractivity contribution in [1.82, 2.24) is 10.2 Å². The molecule has 7 heteroatoms. The van der Waals surface area contributed by atoms with Gasteiger partial charge in [0, 0.05) is 12.6 Å². The number of nitrogens with one attached hydrogen (secondary N) is 2. The number of carbonyl (C=O) groups is 1. The minimum atomic E-state index is -0.0988. The van der Waals surface area contributed by atoms with E-state index in [9.17, 15) is 4.79 Å². The van der Waals surface area contributed by atoms with Crippen LogP contribution in [0.15, 0.2) is 12.1 Å². The van der Waals surface area contributed by atoms with Gasteiger partial charge in [0.2, 0.25) is 5.91 Å². The van der Waals surface area contributed by atoms with E-state index < -0.39 is 0 Å². The molecule has 1 aromatic carbocycles. The fourth-order valence-electron chi connectivity index (χ4n) is 2.56. The Labute approximate surface area is 139 Å². The molecule has 1 unspecified atom stereocenters. The molecule has 1 atom stereocenters. The van der Waals surface area contributed by atoms with Crippen LogP contribution in [-0.2, 0) is 4.79 Å². The number of halogens is 3. The normalized spacial score (nSPS) is 19.0. The lowest BCUT2D eigenvalue weighted by Gasteiger charge is -2.23. The van der Waals surface area contributed by atoms with Crippen molar-refractivity contribution in [2.45, 2.75) is 18.9 Å². The van der Waals surface area contributed by atoms with E-state index in [1.807, 2.05) is 7.05 Å². The van der Waals surface area contributed by atoms with E-state index >= 15 is 0 Å². The molecule has 1 aliphatic heterocycles. The van der Waals surface area contributed by atoms with Crippen molar-refractivity contribution >= 4 is 46.4 Å². The SMILES string of the molecule is CNCC1CCCN1CC(=O)Nc1cc(Cl)c(Cl)cc1Cl. The van der Waals surface area contributed by atoms with Crippen molar-refractivity contribution in [3.8, 4) is 0 Å². The van der Waals surface area contributed by atoms with Crippen LogP contribution >= 0.6 is 34.8 Å². The van der Waals surface area contributed by atoms with Gasteiger partial charge in [-0.1, -0.05) is 34.8 Å². The number of nitrogens with zero attached hydrogens (tertiary/aromatic N) is 1. The first-order chi connectivity index (χ1) is 10.0. The zero-order valence-corrected chi connectivity index (χ0v) is 14.0. The van der Waals surface area contributed by atoms with Crippen molar-refractivity contribution < 1.29 is 4.79 Å². The fraction of sp³-hybridized carbons (Fsp3) is 0.500. The highest BCUT2D eigenvalue weighted by molar-refractivity contribution is 6.44. The standard InChI is InChI=1S/C14H18Cl3N3O/c1-18-7-9-3-2-4-20(9)8-14(21)19-13-6-11(16)10(15)5-12(13)17/h5-6,9,18H,2-4,7-8H2,1H3,(H,19,21). The molecule has 21 heavy (non-hydrogen) atoms. The molecule has 4 nitrogen and oxygen atoms in total. The lowest BCUT2D eigenvalue weighted by atomic mass is 10.2. The summed E-state index contributed by atoms with van der Waals surface area (Å²) in [7, 11) is 1.92. The largest absolute Gasteiger partial charge is 0.324 e. The number of hydrogen-bond donors (Lipinski definition) is 2. The van der Waals surface area contributed by atoms with E-state index in [0.29, 0.717) is 33.3 Å². The number of likely N-dealkylation sites (N-methyl/N-ethyl adjacent to an activating group) is 1. The number of likely N-dealkylation sites (tertiary alicyclic amines) is 1. The van der Waals surface area contributed by atoms with Crippen LogP contribution in [0.3, 0.4) is 0 Å². The van der Waals surface area contributed by atoms with Gasteiger partial charge in [0.25, 0.3) is 0 Å². The fourth-order valence-corrected chi connectivity index (χ4v) is 3.16. The van der Waals surface area contributed by atoms with Crippen LogP contribution in [0.4, 0.5) is 5.69 Å². The molecule has 2 N–H and O–H groups in total. The van der Waals surface area contributed by atoms with Gasteiger partial charge < -0.3 is 10.6 Å². The maximum atomic E-state index is 12.2. The van der Waals surface area contributed by atoms with Crippen molar-refractivity contribution in [2.24, 2.45) is 0 Å². The lowest BCUT2D eigenvalue weighted by Crippen LogP contribution is -2.41. The topological polar surface area (TPSA) is 44.4 Å². The van der Waals surface area contributed by atoms with Gasteiger partial charge in [0.15, 0.2) is 0 Å². The number of hydrogen-bond acceptors (Lipinski definition) is 3. The average Bonchev–Trinajstić information content (AvgIpc) is 2.84. The summed E-state index contributed by atoms with van der Waals surface area (Å²) in [5, 5.41) is 7.07. The zero-order valence-electron chi connectivity index (χ0n) is 11.8. The van der Waals surface area contributed by atoms with Crippen LogP contribution in [0.1, 0.15) is 12.8 Å². The zero-order chi connectivity index (χ0) is 15.4. The summed E-state index contributed by atoms with van der Waals surface area (Å²) in [6.07, 6.45) is 2.23. The number of benzene rings is 1. The third kappa shape index (κ3) is 4.47. The van der Waals surface area contributed by atoms with Gasteiger partial charge in [-0.05, 0) is 38.6 Å². The molecule has 1 aromatic rings. The quantitative estimate of drug-likeness (QED) is 0.801. The predicted molar refractivity (Wildman–Crippen MR) is 88.6 cm³/mol. The van der Waals surface area contributed by atoms with Gasteiger partial charge in [-0.3, -0.25) is 9.69 Å². The Hall–Kier alpha value is -0.520. The molecule has 0 saturated carbocycles. The van der Waals surface area contributed by atoms with Crippen molar-refractivity contribution in [2.75, 3.05) is 32.0 Å². The smallest absolute Gasteiger partial charge is 0.238 e. The predicted octanol–water partition coefficient (Wildman–Crippen LogP) is 3.27. The minimum Gasteiger partial charge on any atom is -0.324 e. The van der Waals surface area contributed by atoms with Crippen LogP contribution < -0.4 is 10.6 Å². The molecule has 0 spiro atoms. The highest BCUT2D eigenvalue weighted by Gasteiger charge is 2.25.